The van der Waals surface area contributed by atoms with Gasteiger partial charge in [-0.15, -0.1) is 11.8 Å². The summed E-state index contributed by atoms with van der Waals surface area (Å²) in [5, 5.41) is 12.9. The second-order valence-electron chi connectivity index (χ2n) is 13.4. The van der Waals surface area contributed by atoms with Gasteiger partial charge in [-0.05, 0) is 41.3 Å². The Labute approximate surface area is 274 Å². The van der Waals surface area contributed by atoms with Gasteiger partial charge in [0.15, 0.2) is 0 Å². The Morgan fingerprint density at radius 2 is 1.59 bits per heavy atom. The van der Waals surface area contributed by atoms with E-state index in [4.69, 9.17) is 0 Å². The van der Waals surface area contributed by atoms with E-state index in [1.807, 2.05) is 111 Å². The SMILES string of the molecule is CC[C@H](C)[C@H](CO)N1C(=O)[C@@H]2[C@H]3C(=O)N(Cc4ccccc4)CC=C[C@@]3(C)S[C@@]23C=CCN(c2ccc4ccccc4c2)C(=O)C13. The van der Waals surface area contributed by atoms with Crippen LogP contribution in [0.3, 0.4) is 0 Å². The number of aliphatic hydroxyl groups is 1. The largest absolute Gasteiger partial charge is 0.394 e. The maximum atomic E-state index is 15.0. The van der Waals surface area contributed by atoms with E-state index in [1.54, 1.807) is 21.6 Å². The van der Waals surface area contributed by atoms with Gasteiger partial charge in [0.25, 0.3) is 5.91 Å². The smallest absolute Gasteiger partial charge is 0.251 e. The number of hydrogen-bond donors (Lipinski definition) is 1. The topological polar surface area (TPSA) is 81.2 Å². The van der Waals surface area contributed by atoms with Crippen molar-refractivity contribution in [2.75, 3.05) is 24.6 Å². The van der Waals surface area contributed by atoms with Crippen LogP contribution in [0, 0.1) is 17.8 Å². The molecule has 4 aliphatic rings. The number of amides is 3. The first kappa shape index (κ1) is 30.8. The average molecular weight is 636 g/mol. The average Bonchev–Trinajstić information content (AvgIpc) is 3.34. The second-order valence-corrected chi connectivity index (χ2v) is 15.2. The highest BCUT2D eigenvalue weighted by atomic mass is 32.2. The molecule has 0 bridgehead atoms. The molecule has 1 N–H and O–H groups in total. The van der Waals surface area contributed by atoms with Gasteiger partial charge in [0, 0.05) is 30.1 Å². The Morgan fingerprint density at radius 1 is 0.870 bits per heavy atom. The van der Waals surface area contributed by atoms with E-state index < -0.39 is 33.4 Å². The van der Waals surface area contributed by atoms with Gasteiger partial charge >= 0.3 is 0 Å². The lowest BCUT2D eigenvalue weighted by atomic mass is 9.74. The number of fused-ring (bicyclic) bond motifs is 3. The molecule has 3 amide bonds. The summed E-state index contributed by atoms with van der Waals surface area (Å²) in [5.41, 5.74) is 1.79. The van der Waals surface area contributed by atoms with Crippen LogP contribution in [0.25, 0.3) is 10.8 Å². The minimum Gasteiger partial charge on any atom is -0.394 e. The molecule has 2 fully saturated rings. The van der Waals surface area contributed by atoms with Crippen LogP contribution >= 0.6 is 11.8 Å². The van der Waals surface area contributed by atoms with Gasteiger partial charge in [-0.1, -0.05) is 105 Å². The standard InChI is InChI=1S/C38H41N3O4S/c1-4-25(2)30(24-42)41-33-36(45)40(29-17-16-27-14-8-9-15-28(27)22-29)21-11-19-38(33)32(35(41)44)31-34(43)39(20-10-18-37(31,3)46-38)23-26-12-6-5-7-13-26/h5-19,22,25,30-33,42H,4,20-21,23-24H2,1-3H3/t25-,30-,31-,32-,33?,37+,38-/m0/s1. The fourth-order valence-corrected chi connectivity index (χ4v) is 10.3. The molecule has 7 atom stereocenters. The first-order chi connectivity index (χ1) is 22.2. The summed E-state index contributed by atoms with van der Waals surface area (Å²) < 4.78 is -1.67. The maximum absolute atomic E-state index is 15.0. The Hall–Kier alpha value is -3.88. The monoisotopic (exact) mass is 635 g/mol. The minimum atomic E-state index is -0.976. The van der Waals surface area contributed by atoms with E-state index in [0.29, 0.717) is 19.6 Å². The summed E-state index contributed by atoms with van der Waals surface area (Å²) in [6.07, 6.45) is 8.93. The zero-order valence-electron chi connectivity index (χ0n) is 26.6. The third-order valence-electron chi connectivity index (χ3n) is 10.7. The molecule has 4 aliphatic heterocycles. The van der Waals surface area contributed by atoms with Crippen LogP contribution in [-0.2, 0) is 20.9 Å². The molecule has 3 aromatic rings. The summed E-state index contributed by atoms with van der Waals surface area (Å²) in [5.74, 6) is -1.93. The van der Waals surface area contributed by atoms with Gasteiger partial charge < -0.3 is 19.8 Å². The molecule has 1 unspecified atom stereocenters. The molecule has 4 heterocycles. The normalized spacial score (nSPS) is 30.2. The lowest BCUT2D eigenvalue weighted by Gasteiger charge is -2.41. The van der Waals surface area contributed by atoms with Crippen LogP contribution in [0.2, 0.25) is 0 Å². The van der Waals surface area contributed by atoms with E-state index >= 15 is 4.79 Å². The van der Waals surface area contributed by atoms with Crippen LogP contribution in [-0.4, -0.2) is 73.9 Å². The van der Waals surface area contributed by atoms with Crippen molar-refractivity contribution in [2.24, 2.45) is 17.8 Å². The Balaban J connectivity index is 1.34. The number of thioether (sulfide) groups is 1. The van der Waals surface area contributed by atoms with E-state index in [9.17, 15) is 14.7 Å². The van der Waals surface area contributed by atoms with Crippen molar-refractivity contribution in [3.63, 3.8) is 0 Å². The summed E-state index contributed by atoms with van der Waals surface area (Å²) in [4.78, 5) is 49.9. The molecule has 46 heavy (non-hydrogen) atoms. The third kappa shape index (κ3) is 4.71. The molecule has 0 radical (unpaired) electrons. The van der Waals surface area contributed by atoms with Gasteiger partial charge in [0.2, 0.25) is 11.8 Å². The number of hydrogen-bond acceptors (Lipinski definition) is 5. The minimum absolute atomic E-state index is 0.0466. The summed E-state index contributed by atoms with van der Waals surface area (Å²) in [6.45, 7) is 7.10. The van der Waals surface area contributed by atoms with Crippen LogP contribution < -0.4 is 4.90 Å². The van der Waals surface area contributed by atoms with Crippen molar-refractivity contribution < 1.29 is 19.5 Å². The molecule has 7 rings (SSSR count). The van der Waals surface area contributed by atoms with E-state index in [-0.39, 0.29) is 30.2 Å². The lowest BCUT2D eigenvalue weighted by Crippen LogP contribution is -2.58. The van der Waals surface area contributed by atoms with Gasteiger partial charge in [-0.25, -0.2) is 0 Å². The van der Waals surface area contributed by atoms with Crippen LogP contribution in [0.5, 0.6) is 0 Å². The zero-order valence-corrected chi connectivity index (χ0v) is 27.4. The van der Waals surface area contributed by atoms with Crippen LogP contribution in [0.15, 0.2) is 97.1 Å². The Bertz CT molecular complexity index is 1740. The maximum Gasteiger partial charge on any atom is 0.251 e. The number of nitrogens with zero attached hydrogens (tertiary/aromatic N) is 3. The van der Waals surface area contributed by atoms with Crippen molar-refractivity contribution in [1.29, 1.82) is 0 Å². The summed E-state index contributed by atoms with van der Waals surface area (Å²) >= 11 is 1.58. The number of anilines is 1. The molecule has 238 valence electrons. The molecular formula is C38H41N3O4S. The number of carbonyl (C=O) groups is 3. The molecule has 3 aromatic carbocycles. The van der Waals surface area contributed by atoms with Crippen molar-refractivity contribution in [3.8, 4) is 0 Å². The molecule has 8 heteroatoms. The van der Waals surface area contributed by atoms with Crippen molar-refractivity contribution in [1.82, 2.24) is 9.80 Å². The molecule has 7 nitrogen and oxygen atoms in total. The van der Waals surface area contributed by atoms with Gasteiger partial charge in [0.1, 0.15) is 6.04 Å². The molecule has 0 saturated carbocycles. The Kier molecular flexibility index (Phi) is 7.84. The number of benzene rings is 3. The molecule has 1 spiro atoms. The summed E-state index contributed by atoms with van der Waals surface area (Å²) in [7, 11) is 0. The molecule has 2 saturated heterocycles. The van der Waals surface area contributed by atoms with Gasteiger partial charge in [-0.3, -0.25) is 14.4 Å². The molecule has 0 aromatic heterocycles. The Morgan fingerprint density at radius 3 is 2.33 bits per heavy atom. The predicted octanol–water partition coefficient (Wildman–Crippen LogP) is 5.44. The van der Waals surface area contributed by atoms with E-state index in [0.717, 1.165) is 28.4 Å². The highest BCUT2D eigenvalue weighted by molar-refractivity contribution is 8.02. The second kappa shape index (κ2) is 11.7. The van der Waals surface area contributed by atoms with E-state index in [2.05, 4.69) is 12.2 Å². The highest BCUT2D eigenvalue weighted by Gasteiger charge is 2.74. The first-order valence-electron chi connectivity index (χ1n) is 16.3. The predicted molar refractivity (Wildman–Crippen MR) is 183 cm³/mol. The highest BCUT2D eigenvalue weighted by Crippen LogP contribution is 2.66. The summed E-state index contributed by atoms with van der Waals surface area (Å²) in [6, 6.07) is 22.5. The fraction of sp³-hybridized carbons (Fsp3) is 0.395. The van der Waals surface area contributed by atoms with E-state index in [1.165, 1.54) is 0 Å². The van der Waals surface area contributed by atoms with Crippen LogP contribution in [0.4, 0.5) is 5.69 Å². The fourth-order valence-electron chi connectivity index (χ4n) is 8.21. The number of aliphatic hydroxyl groups excluding tert-OH is 1. The van der Waals surface area contributed by atoms with Gasteiger partial charge in [-0.2, -0.15) is 0 Å². The lowest BCUT2D eigenvalue weighted by molar-refractivity contribution is -0.146. The molecule has 0 aliphatic carbocycles. The van der Waals surface area contributed by atoms with Crippen molar-refractivity contribution in [3.05, 3.63) is 103 Å². The van der Waals surface area contributed by atoms with Crippen LogP contribution in [0.1, 0.15) is 32.8 Å². The quantitative estimate of drug-likeness (QED) is 0.350. The van der Waals surface area contributed by atoms with Crippen molar-refractivity contribution >= 4 is 45.9 Å². The number of rotatable bonds is 7. The molecular weight excluding hydrogens is 595 g/mol. The first-order valence-corrected chi connectivity index (χ1v) is 17.2. The third-order valence-corrected chi connectivity index (χ3v) is 12.5. The number of carbonyl (C=O) groups excluding carboxylic acids is 3. The van der Waals surface area contributed by atoms with Gasteiger partial charge in [0.05, 0.1) is 29.2 Å². The zero-order chi connectivity index (χ0) is 32.2. The number of likely N-dealkylation sites (tertiary alicyclic amines) is 1. The van der Waals surface area contributed by atoms with Crippen molar-refractivity contribution in [2.45, 2.75) is 55.3 Å².